The summed E-state index contributed by atoms with van der Waals surface area (Å²) in [4.78, 5) is 11.3. The number of rotatable bonds is 6. The van der Waals surface area contributed by atoms with Crippen molar-refractivity contribution in [1.29, 1.82) is 0 Å². The zero-order valence-electron chi connectivity index (χ0n) is 8.96. The highest BCUT2D eigenvalue weighted by molar-refractivity contribution is 6.55. The number of hydrogen-bond donors (Lipinski definition) is 0. The highest BCUT2D eigenvalue weighted by atomic mass is 28.4. The number of carbonyl (C=O) groups is 1. The Morgan fingerprint density at radius 1 is 1.21 bits per heavy atom. The molecule has 0 bridgehead atoms. The largest absolute Gasteiger partial charge is 0.751 e. The molecule has 0 aliphatic heterocycles. The fourth-order valence-electron chi connectivity index (χ4n) is 0.705. The lowest BCUT2D eigenvalue weighted by atomic mass is 10.2. The summed E-state index contributed by atoms with van der Waals surface area (Å²) in [5.74, 6) is -0.551. The lowest BCUT2D eigenvalue weighted by molar-refractivity contribution is -0.138. The second-order valence-corrected chi connectivity index (χ2v) is 4.89. The van der Waals surface area contributed by atoms with Crippen LogP contribution in [0, 0.1) is 0 Å². The molecular weight excluding hydrogens is 204 g/mol. The molecule has 5 nitrogen and oxygen atoms in total. The minimum Gasteiger partial charge on any atom is -0.448 e. The molecule has 0 amide bonds. The minimum absolute atomic E-state index is 0.355. The van der Waals surface area contributed by atoms with Gasteiger partial charge in [-0.1, -0.05) is 13.5 Å². The summed E-state index contributed by atoms with van der Waals surface area (Å²) in [6.45, 7) is 5.35. The van der Waals surface area contributed by atoms with E-state index in [1.165, 1.54) is 21.3 Å². The van der Waals surface area contributed by atoms with Crippen molar-refractivity contribution in [2.45, 2.75) is 13.3 Å². The van der Waals surface area contributed by atoms with Crippen LogP contribution in [-0.2, 0) is 22.5 Å². The van der Waals surface area contributed by atoms with Gasteiger partial charge in [0.25, 0.3) is 0 Å². The van der Waals surface area contributed by atoms with Crippen molar-refractivity contribution in [3.05, 3.63) is 12.2 Å². The second-order valence-electron chi connectivity index (χ2n) is 2.46. The Kier molecular flexibility index (Phi) is 5.62. The molecule has 0 unspecified atom stereocenters. The average molecular weight is 220 g/mol. The SMILES string of the molecule is C=C(CC)C(=O)O[Si](OC)(OC)OC. The highest BCUT2D eigenvalue weighted by Gasteiger charge is 2.47. The van der Waals surface area contributed by atoms with Gasteiger partial charge < -0.3 is 17.7 Å². The van der Waals surface area contributed by atoms with Gasteiger partial charge in [0.05, 0.1) is 0 Å². The van der Waals surface area contributed by atoms with Gasteiger partial charge in [0.1, 0.15) is 0 Å². The molecule has 0 aliphatic carbocycles. The van der Waals surface area contributed by atoms with Gasteiger partial charge in [-0.15, -0.1) is 0 Å². The molecule has 0 aromatic carbocycles. The van der Waals surface area contributed by atoms with E-state index >= 15 is 0 Å². The predicted molar refractivity (Wildman–Crippen MR) is 52.3 cm³/mol. The smallest absolute Gasteiger partial charge is 0.448 e. The van der Waals surface area contributed by atoms with Crippen molar-refractivity contribution in [2.75, 3.05) is 21.3 Å². The molecule has 0 aromatic rings. The average Bonchev–Trinajstić information content (AvgIpc) is 2.24. The normalized spacial score (nSPS) is 11.1. The Morgan fingerprint density at radius 2 is 1.64 bits per heavy atom. The molecular formula is C8H16O5Si. The third kappa shape index (κ3) is 3.22. The first-order valence-electron chi connectivity index (χ1n) is 4.11. The minimum atomic E-state index is -3.27. The fraction of sp³-hybridized carbons (Fsp3) is 0.625. The molecule has 0 heterocycles. The van der Waals surface area contributed by atoms with E-state index in [2.05, 4.69) is 6.58 Å². The van der Waals surface area contributed by atoms with Crippen molar-refractivity contribution < 1.29 is 22.5 Å². The van der Waals surface area contributed by atoms with E-state index in [-0.39, 0.29) is 0 Å². The van der Waals surface area contributed by atoms with Crippen molar-refractivity contribution >= 4 is 15.0 Å². The van der Waals surface area contributed by atoms with E-state index in [4.69, 9.17) is 17.7 Å². The maximum Gasteiger partial charge on any atom is 0.751 e. The first-order valence-corrected chi connectivity index (χ1v) is 5.75. The summed E-state index contributed by atoms with van der Waals surface area (Å²) in [6, 6.07) is 0. The summed E-state index contributed by atoms with van der Waals surface area (Å²) in [5, 5.41) is 0. The van der Waals surface area contributed by atoms with Gasteiger partial charge in [0.2, 0.25) is 0 Å². The zero-order valence-corrected chi connectivity index (χ0v) is 9.96. The van der Waals surface area contributed by atoms with E-state index in [1.54, 1.807) is 6.92 Å². The Balaban J connectivity index is 4.44. The van der Waals surface area contributed by atoms with E-state index < -0.39 is 15.0 Å². The summed E-state index contributed by atoms with van der Waals surface area (Å²) in [5.41, 5.74) is 0.355. The molecule has 0 saturated carbocycles. The van der Waals surface area contributed by atoms with Gasteiger partial charge in [0.15, 0.2) is 0 Å². The molecule has 0 N–H and O–H groups in total. The molecule has 0 atom stereocenters. The molecule has 0 aromatic heterocycles. The molecule has 0 fully saturated rings. The van der Waals surface area contributed by atoms with Crippen molar-refractivity contribution in [3.63, 3.8) is 0 Å². The summed E-state index contributed by atoms with van der Waals surface area (Å²) >= 11 is 0. The van der Waals surface area contributed by atoms with Crippen LogP contribution in [0.15, 0.2) is 12.2 Å². The Hall–Kier alpha value is -0.693. The topological polar surface area (TPSA) is 54.0 Å². The monoisotopic (exact) mass is 220 g/mol. The third-order valence-electron chi connectivity index (χ3n) is 1.68. The van der Waals surface area contributed by atoms with Gasteiger partial charge in [-0.25, -0.2) is 4.79 Å². The van der Waals surface area contributed by atoms with Gasteiger partial charge in [-0.3, -0.25) is 0 Å². The second kappa shape index (κ2) is 5.92. The molecule has 0 rings (SSSR count). The molecule has 82 valence electrons. The van der Waals surface area contributed by atoms with Crippen molar-refractivity contribution in [1.82, 2.24) is 0 Å². The van der Waals surface area contributed by atoms with Gasteiger partial charge in [-0.2, -0.15) is 0 Å². The van der Waals surface area contributed by atoms with Crippen LogP contribution < -0.4 is 0 Å². The number of carbonyl (C=O) groups excluding carboxylic acids is 1. The molecule has 0 spiro atoms. The van der Waals surface area contributed by atoms with E-state index in [0.717, 1.165) is 0 Å². The van der Waals surface area contributed by atoms with E-state index in [0.29, 0.717) is 12.0 Å². The molecule has 0 saturated heterocycles. The van der Waals surface area contributed by atoms with Gasteiger partial charge in [0, 0.05) is 26.9 Å². The van der Waals surface area contributed by atoms with Crippen LogP contribution in [0.3, 0.4) is 0 Å². The lowest BCUT2D eigenvalue weighted by Gasteiger charge is -2.22. The standard InChI is InChI=1S/C8H16O5Si/c1-6-7(2)8(9)13-14(10-3,11-4)12-5/h2,6H2,1,3-5H3. The first kappa shape index (κ1) is 13.3. The van der Waals surface area contributed by atoms with Gasteiger partial charge in [-0.05, 0) is 6.42 Å². The summed E-state index contributed by atoms with van der Waals surface area (Å²) in [6.07, 6.45) is 0.514. The van der Waals surface area contributed by atoms with Crippen LogP contribution in [0.1, 0.15) is 13.3 Å². The molecule has 6 heteroatoms. The summed E-state index contributed by atoms with van der Waals surface area (Å²) < 4.78 is 19.7. The Morgan fingerprint density at radius 3 is 1.93 bits per heavy atom. The van der Waals surface area contributed by atoms with Crippen molar-refractivity contribution in [2.24, 2.45) is 0 Å². The third-order valence-corrected chi connectivity index (χ3v) is 3.62. The highest BCUT2D eigenvalue weighted by Crippen LogP contribution is 2.11. The predicted octanol–water partition coefficient (Wildman–Crippen LogP) is 0.871. The molecule has 0 radical (unpaired) electrons. The van der Waals surface area contributed by atoms with E-state index in [1.807, 2.05) is 0 Å². The maximum atomic E-state index is 11.3. The fourth-order valence-corrected chi connectivity index (χ4v) is 1.83. The Bertz CT molecular complexity index is 204. The van der Waals surface area contributed by atoms with Crippen LogP contribution in [0.4, 0.5) is 0 Å². The van der Waals surface area contributed by atoms with E-state index in [9.17, 15) is 4.79 Å². The number of hydrogen-bond acceptors (Lipinski definition) is 5. The zero-order chi connectivity index (χ0) is 11.2. The quantitative estimate of drug-likeness (QED) is 0.491. The molecule has 14 heavy (non-hydrogen) atoms. The Labute approximate surface area is 85.1 Å². The van der Waals surface area contributed by atoms with Crippen LogP contribution >= 0.6 is 0 Å². The van der Waals surface area contributed by atoms with Crippen LogP contribution in [0.25, 0.3) is 0 Å². The van der Waals surface area contributed by atoms with Gasteiger partial charge >= 0.3 is 15.0 Å². The van der Waals surface area contributed by atoms with Crippen LogP contribution in [0.5, 0.6) is 0 Å². The van der Waals surface area contributed by atoms with Crippen LogP contribution in [0.2, 0.25) is 0 Å². The summed E-state index contributed by atoms with van der Waals surface area (Å²) in [7, 11) is 0.817. The van der Waals surface area contributed by atoms with Crippen LogP contribution in [-0.4, -0.2) is 36.3 Å². The molecule has 0 aliphatic rings. The maximum absolute atomic E-state index is 11.3. The first-order chi connectivity index (χ1) is 6.55. The van der Waals surface area contributed by atoms with Crippen molar-refractivity contribution in [3.8, 4) is 0 Å². The lowest BCUT2D eigenvalue weighted by Crippen LogP contribution is -2.48.